The van der Waals surface area contributed by atoms with E-state index in [1.54, 1.807) is 11.8 Å². The van der Waals surface area contributed by atoms with Crippen LogP contribution < -0.4 is 10.6 Å². The minimum atomic E-state index is -0.557. The van der Waals surface area contributed by atoms with Crippen LogP contribution in [-0.2, 0) is 9.59 Å². The van der Waals surface area contributed by atoms with Crippen molar-refractivity contribution in [3.8, 4) is 0 Å². The Hall–Kier alpha value is -0.360. The van der Waals surface area contributed by atoms with Crippen LogP contribution in [0, 0.1) is 0 Å². The molecule has 94 valence electrons. The van der Waals surface area contributed by atoms with E-state index in [1.165, 1.54) is 6.92 Å². The van der Waals surface area contributed by atoms with Crippen molar-refractivity contribution >= 4 is 36.2 Å². The van der Waals surface area contributed by atoms with Crippen LogP contribution in [0.4, 0.5) is 0 Å². The minimum Gasteiger partial charge on any atom is -0.353 e. The van der Waals surface area contributed by atoms with Crippen molar-refractivity contribution in [1.29, 1.82) is 0 Å². The molecule has 1 unspecified atom stereocenters. The largest absolute Gasteiger partial charge is 0.353 e. The molecule has 0 saturated heterocycles. The number of thioether (sulfide) groups is 1. The SMILES string of the molecule is CSC(C)(C)CNC(=O)C(CS)NC(C)=O. The number of hydrogen-bond acceptors (Lipinski definition) is 4. The summed E-state index contributed by atoms with van der Waals surface area (Å²) in [5.74, 6) is -0.115. The van der Waals surface area contributed by atoms with Crippen molar-refractivity contribution in [3.63, 3.8) is 0 Å². The molecule has 0 aromatic rings. The lowest BCUT2D eigenvalue weighted by atomic mass is 10.2. The molecule has 6 heteroatoms. The topological polar surface area (TPSA) is 58.2 Å². The van der Waals surface area contributed by atoms with Gasteiger partial charge in [0.1, 0.15) is 6.04 Å². The summed E-state index contributed by atoms with van der Waals surface area (Å²) in [5, 5.41) is 5.36. The van der Waals surface area contributed by atoms with E-state index in [0.29, 0.717) is 12.3 Å². The van der Waals surface area contributed by atoms with Crippen LogP contribution in [0.3, 0.4) is 0 Å². The number of rotatable bonds is 6. The Bertz CT molecular complexity index is 257. The first-order valence-electron chi connectivity index (χ1n) is 5.03. The highest BCUT2D eigenvalue weighted by Crippen LogP contribution is 2.19. The van der Waals surface area contributed by atoms with Gasteiger partial charge in [-0.1, -0.05) is 0 Å². The smallest absolute Gasteiger partial charge is 0.243 e. The highest BCUT2D eigenvalue weighted by Gasteiger charge is 2.21. The quantitative estimate of drug-likeness (QED) is 0.618. The fraction of sp³-hybridized carbons (Fsp3) is 0.800. The highest BCUT2D eigenvalue weighted by atomic mass is 32.2. The molecule has 2 amide bonds. The molecule has 2 N–H and O–H groups in total. The molecule has 0 aliphatic carbocycles. The fourth-order valence-corrected chi connectivity index (χ4v) is 1.41. The van der Waals surface area contributed by atoms with Gasteiger partial charge in [0.15, 0.2) is 0 Å². The minimum absolute atomic E-state index is 0.00691. The summed E-state index contributed by atoms with van der Waals surface area (Å²) in [5.41, 5.74) is 0. The maximum atomic E-state index is 11.7. The standard InChI is InChI=1S/C10H20N2O2S2/c1-7(13)12-8(5-15)9(14)11-6-10(2,3)16-4/h8,15H,5-6H2,1-4H3,(H,11,14)(H,12,13). The zero-order valence-electron chi connectivity index (χ0n) is 10.2. The van der Waals surface area contributed by atoms with Gasteiger partial charge in [-0.3, -0.25) is 9.59 Å². The van der Waals surface area contributed by atoms with Crippen LogP contribution in [0.2, 0.25) is 0 Å². The van der Waals surface area contributed by atoms with Crippen molar-refractivity contribution in [2.45, 2.75) is 31.6 Å². The summed E-state index contributed by atoms with van der Waals surface area (Å²) < 4.78 is -0.00691. The van der Waals surface area contributed by atoms with E-state index in [0.717, 1.165) is 0 Å². The second-order valence-electron chi connectivity index (χ2n) is 4.12. The van der Waals surface area contributed by atoms with E-state index < -0.39 is 6.04 Å². The predicted octanol–water partition coefficient (Wildman–Crippen LogP) is 0.679. The molecule has 0 fully saturated rings. The Balaban J connectivity index is 4.17. The van der Waals surface area contributed by atoms with Crippen LogP contribution in [0.5, 0.6) is 0 Å². The van der Waals surface area contributed by atoms with Crippen molar-refractivity contribution in [2.24, 2.45) is 0 Å². The first-order chi connectivity index (χ1) is 7.32. The molecule has 4 nitrogen and oxygen atoms in total. The summed E-state index contributed by atoms with van der Waals surface area (Å²) in [7, 11) is 0. The molecule has 0 aromatic heterocycles. The summed E-state index contributed by atoms with van der Waals surface area (Å²) in [6.45, 7) is 6.05. The maximum Gasteiger partial charge on any atom is 0.243 e. The van der Waals surface area contributed by atoms with E-state index >= 15 is 0 Å². The first kappa shape index (κ1) is 15.6. The number of carbonyl (C=O) groups is 2. The summed E-state index contributed by atoms with van der Waals surface area (Å²) in [6, 6.07) is -0.557. The number of amides is 2. The third-order valence-electron chi connectivity index (χ3n) is 2.12. The third-order valence-corrected chi connectivity index (χ3v) is 3.73. The first-order valence-corrected chi connectivity index (χ1v) is 6.89. The highest BCUT2D eigenvalue weighted by molar-refractivity contribution is 7.99. The summed E-state index contributed by atoms with van der Waals surface area (Å²) in [4.78, 5) is 22.5. The van der Waals surface area contributed by atoms with Crippen LogP contribution in [0.15, 0.2) is 0 Å². The van der Waals surface area contributed by atoms with Gasteiger partial charge in [0.25, 0.3) is 0 Å². The molecule has 0 aliphatic rings. The summed E-state index contributed by atoms with van der Waals surface area (Å²) >= 11 is 5.72. The van der Waals surface area contributed by atoms with Gasteiger partial charge in [0, 0.05) is 24.0 Å². The average molecular weight is 264 g/mol. The number of carbonyl (C=O) groups excluding carboxylic acids is 2. The van der Waals surface area contributed by atoms with E-state index in [1.807, 2.05) is 20.1 Å². The maximum absolute atomic E-state index is 11.7. The molecule has 0 aromatic carbocycles. The Morgan fingerprint density at radius 3 is 2.38 bits per heavy atom. The van der Waals surface area contributed by atoms with Gasteiger partial charge >= 0.3 is 0 Å². The van der Waals surface area contributed by atoms with Crippen molar-refractivity contribution in [3.05, 3.63) is 0 Å². The zero-order chi connectivity index (χ0) is 12.8. The molecular formula is C10H20N2O2S2. The van der Waals surface area contributed by atoms with Crippen LogP contribution in [0.25, 0.3) is 0 Å². The lowest BCUT2D eigenvalue weighted by molar-refractivity contribution is -0.127. The summed E-state index contributed by atoms with van der Waals surface area (Å²) in [6.07, 6.45) is 2.00. The van der Waals surface area contributed by atoms with E-state index in [4.69, 9.17) is 0 Å². The van der Waals surface area contributed by atoms with Gasteiger partial charge in [-0.05, 0) is 20.1 Å². The van der Waals surface area contributed by atoms with Crippen molar-refractivity contribution in [2.75, 3.05) is 18.6 Å². The molecular weight excluding hydrogens is 244 g/mol. The van der Waals surface area contributed by atoms with Crippen LogP contribution in [-0.4, -0.2) is 41.2 Å². The molecule has 0 radical (unpaired) electrons. The van der Waals surface area contributed by atoms with Gasteiger partial charge in [-0.2, -0.15) is 24.4 Å². The Morgan fingerprint density at radius 1 is 1.44 bits per heavy atom. The molecule has 16 heavy (non-hydrogen) atoms. The number of thiol groups is 1. The average Bonchev–Trinajstić information content (AvgIpc) is 2.22. The van der Waals surface area contributed by atoms with Crippen molar-refractivity contribution < 1.29 is 9.59 Å². The van der Waals surface area contributed by atoms with Gasteiger partial charge < -0.3 is 10.6 Å². The second kappa shape index (κ2) is 7.06. The lowest BCUT2D eigenvalue weighted by Gasteiger charge is -2.24. The molecule has 0 bridgehead atoms. The third kappa shape index (κ3) is 6.27. The van der Waals surface area contributed by atoms with E-state index in [2.05, 4.69) is 23.3 Å². The van der Waals surface area contributed by atoms with E-state index in [-0.39, 0.29) is 16.6 Å². The molecule has 0 rings (SSSR count). The van der Waals surface area contributed by atoms with Gasteiger partial charge in [-0.25, -0.2) is 0 Å². The normalized spacial score (nSPS) is 13.1. The molecule has 0 heterocycles. The zero-order valence-corrected chi connectivity index (χ0v) is 11.9. The lowest BCUT2D eigenvalue weighted by Crippen LogP contribution is -2.49. The molecule has 1 atom stereocenters. The monoisotopic (exact) mass is 264 g/mol. The number of nitrogens with one attached hydrogen (secondary N) is 2. The van der Waals surface area contributed by atoms with Crippen molar-refractivity contribution in [1.82, 2.24) is 10.6 Å². The molecule has 0 aliphatic heterocycles. The van der Waals surface area contributed by atoms with Crippen LogP contribution >= 0.6 is 24.4 Å². The van der Waals surface area contributed by atoms with E-state index in [9.17, 15) is 9.59 Å². The Morgan fingerprint density at radius 2 is 2.00 bits per heavy atom. The number of hydrogen-bond donors (Lipinski definition) is 3. The molecule has 0 spiro atoms. The molecule has 0 saturated carbocycles. The van der Waals surface area contributed by atoms with Gasteiger partial charge in [-0.15, -0.1) is 0 Å². The Kier molecular flexibility index (Phi) is 6.90. The van der Waals surface area contributed by atoms with Gasteiger partial charge in [0.2, 0.25) is 11.8 Å². The van der Waals surface area contributed by atoms with Gasteiger partial charge in [0.05, 0.1) is 0 Å². The fourth-order valence-electron chi connectivity index (χ4n) is 0.935. The van der Waals surface area contributed by atoms with Crippen LogP contribution in [0.1, 0.15) is 20.8 Å². The predicted molar refractivity (Wildman–Crippen MR) is 72.1 cm³/mol. The second-order valence-corrected chi connectivity index (χ2v) is 6.00. The Labute approximate surface area is 107 Å².